The van der Waals surface area contributed by atoms with Crippen LogP contribution < -0.4 is 0 Å². The fraction of sp³-hybridized carbons (Fsp3) is 0.294. The lowest BCUT2D eigenvalue weighted by Gasteiger charge is -2.35. The zero-order valence-electron chi connectivity index (χ0n) is 10.9. The van der Waals surface area contributed by atoms with E-state index in [2.05, 4.69) is 81.4 Å². The summed E-state index contributed by atoms with van der Waals surface area (Å²) in [4.78, 5) is 0. The Hall–Kier alpha value is -1.56. The molecule has 2 rings (SSSR count). The molecule has 2 aromatic rings. The molecule has 0 aliphatic carbocycles. The Morgan fingerprint density at radius 1 is 0.706 bits per heavy atom. The van der Waals surface area contributed by atoms with E-state index in [1.165, 1.54) is 11.1 Å². The summed E-state index contributed by atoms with van der Waals surface area (Å²) >= 11 is 0. The highest BCUT2D eigenvalue weighted by molar-refractivity contribution is 5.38. The van der Waals surface area contributed by atoms with E-state index in [4.69, 9.17) is 0 Å². The maximum Gasteiger partial charge on any atom is 0.0197 e. The predicted molar refractivity (Wildman–Crippen MR) is 74.2 cm³/mol. The first kappa shape index (κ1) is 11.9. The lowest BCUT2D eigenvalue weighted by Crippen LogP contribution is -2.29. The van der Waals surface area contributed by atoms with Crippen molar-refractivity contribution in [2.24, 2.45) is 5.92 Å². The summed E-state index contributed by atoms with van der Waals surface area (Å²) in [7, 11) is 0. The third kappa shape index (κ3) is 2.12. The topological polar surface area (TPSA) is 0 Å². The van der Waals surface area contributed by atoms with E-state index in [1.807, 2.05) is 0 Å². The number of hydrogen-bond acceptors (Lipinski definition) is 0. The van der Waals surface area contributed by atoms with Gasteiger partial charge in [-0.2, -0.15) is 0 Å². The highest BCUT2D eigenvalue weighted by Gasteiger charge is 2.31. The normalized spacial score (nSPS) is 11.8. The summed E-state index contributed by atoms with van der Waals surface area (Å²) in [6.45, 7) is 6.92. The first-order valence-electron chi connectivity index (χ1n) is 6.26. The van der Waals surface area contributed by atoms with Crippen LogP contribution in [0.3, 0.4) is 0 Å². The molecule has 0 N–H and O–H groups in total. The molecule has 0 aliphatic heterocycles. The largest absolute Gasteiger partial charge is 0.0622 e. The Bertz CT molecular complexity index is 414. The summed E-state index contributed by atoms with van der Waals surface area (Å²) in [5, 5.41) is 0. The van der Waals surface area contributed by atoms with Gasteiger partial charge in [-0.05, 0) is 17.0 Å². The van der Waals surface area contributed by atoms with E-state index < -0.39 is 0 Å². The van der Waals surface area contributed by atoms with Crippen LogP contribution in [0.5, 0.6) is 0 Å². The van der Waals surface area contributed by atoms with Crippen LogP contribution in [0.2, 0.25) is 0 Å². The molecule has 88 valence electrons. The molecule has 0 amide bonds. The minimum Gasteiger partial charge on any atom is -0.0622 e. The van der Waals surface area contributed by atoms with Gasteiger partial charge >= 0.3 is 0 Å². The Balaban J connectivity index is 2.55. The van der Waals surface area contributed by atoms with E-state index >= 15 is 0 Å². The highest BCUT2D eigenvalue weighted by Crippen LogP contribution is 2.38. The zero-order chi connectivity index (χ0) is 12.3. The van der Waals surface area contributed by atoms with Crippen LogP contribution in [-0.2, 0) is 5.41 Å². The molecule has 0 unspecified atom stereocenters. The van der Waals surface area contributed by atoms with Crippen LogP contribution in [0.4, 0.5) is 0 Å². The molecule has 0 spiro atoms. The first-order chi connectivity index (χ1) is 8.15. The van der Waals surface area contributed by atoms with Gasteiger partial charge in [0.1, 0.15) is 0 Å². The molecule has 0 heteroatoms. The van der Waals surface area contributed by atoms with Gasteiger partial charge in [0, 0.05) is 5.41 Å². The summed E-state index contributed by atoms with van der Waals surface area (Å²) in [6.07, 6.45) is 0. The fourth-order valence-corrected chi connectivity index (χ4v) is 2.40. The summed E-state index contributed by atoms with van der Waals surface area (Å²) in [5.41, 5.74) is 2.87. The van der Waals surface area contributed by atoms with Crippen molar-refractivity contribution in [3.05, 3.63) is 71.8 Å². The van der Waals surface area contributed by atoms with Crippen molar-refractivity contribution in [2.75, 3.05) is 0 Å². The van der Waals surface area contributed by atoms with Crippen LogP contribution in [0.1, 0.15) is 31.9 Å². The summed E-state index contributed by atoms with van der Waals surface area (Å²) in [5.74, 6) is 0.562. The monoisotopic (exact) mass is 224 g/mol. The van der Waals surface area contributed by atoms with Gasteiger partial charge in [0.15, 0.2) is 0 Å². The van der Waals surface area contributed by atoms with Crippen LogP contribution in [-0.4, -0.2) is 0 Å². The van der Waals surface area contributed by atoms with Gasteiger partial charge in [-0.1, -0.05) is 81.4 Å². The second kappa shape index (κ2) is 4.75. The Kier molecular flexibility index (Phi) is 3.33. The van der Waals surface area contributed by atoms with E-state index in [1.54, 1.807) is 0 Å². The molecule has 0 aliphatic rings. The van der Waals surface area contributed by atoms with E-state index in [-0.39, 0.29) is 5.41 Å². The maximum atomic E-state index is 2.34. The quantitative estimate of drug-likeness (QED) is 0.712. The van der Waals surface area contributed by atoms with Gasteiger partial charge in [-0.15, -0.1) is 0 Å². The molecule has 0 fully saturated rings. The van der Waals surface area contributed by atoms with Crippen LogP contribution in [0, 0.1) is 5.92 Å². The molecule has 2 aromatic carbocycles. The first-order valence-corrected chi connectivity index (χ1v) is 6.26. The molecule has 0 nitrogen and oxygen atoms in total. The minimum absolute atomic E-state index is 0.0858. The third-order valence-electron chi connectivity index (χ3n) is 3.90. The number of benzene rings is 2. The predicted octanol–water partition coefficient (Wildman–Crippen LogP) is 4.65. The van der Waals surface area contributed by atoms with E-state index in [9.17, 15) is 0 Å². The average Bonchev–Trinajstić information content (AvgIpc) is 2.39. The molecule has 0 heterocycles. The van der Waals surface area contributed by atoms with Crippen LogP contribution in [0.15, 0.2) is 60.7 Å². The van der Waals surface area contributed by atoms with Crippen molar-refractivity contribution in [1.29, 1.82) is 0 Å². The van der Waals surface area contributed by atoms with Gasteiger partial charge in [0.25, 0.3) is 0 Å². The number of hydrogen-bond donors (Lipinski definition) is 0. The van der Waals surface area contributed by atoms with Gasteiger partial charge in [-0.25, -0.2) is 0 Å². The smallest absolute Gasteiger partial charge is 0.0197 e. The van der Waals surface area contributed by atoms with Crippen molar-refractivity contribution in [3.8, 4) is 0 Å². The molecule has 0 aromatic heterocycles. The van der Waals surface area contributed by atoms with Gasteiger partial charge in [-0.3, -0.25) is 0 Å². The second-order valence-electron chi connectivity index (χ2n) is 5.09. The van der Waals surface area contributed by atoms with Crippen molar-refractivity contribution in [1.82, 2.24) is 0 Å². The molecule has 0 atom stereocenters. The number of rotatable bonds is 3. The molecular weight excluding hydrogens is 204 g/mol. The molecule has 0 radical (unpaired) electrons. The summed E-state index contributed by atoms with van der Waals surface area (Å²) in [6, 6.07) is 21.6. The lowest BCUT2D eigenvalue weighted by molar-refractivity contribution is 0.405. The van der Waals surface area contributed by atoms with Crippen LogP contribution >= 0.6 is 0 Å². The minimum atomic E-state index is 0.0858. The van der Waals surface area contributed by atoms with Gasteiger partial charge in [0.2, 0.25) is 0 Å². The van der Waals surface area contributed by atoms with Crippen molar-refractivity contribution in [2.45, 2.75) is 26.2 Å². The van der Waals surface area contributed by atoms with Crippen molar-refractivity contribution < 1.29 is 0 Å². The van der Waals surface area contributed by atoms with E-state index in [0.29, 0.717) is 5.92 Å². The van der Waals surface area contributed by atoms with Gasteiger partial charge < -0.3 is 0 Å². The maximum absolute atomic E-state index is 2.34. The molecular formula is C17H20. The van der Waals surface area contributed by atoms with Crippen molar-refractivity contribution >= 4 is 0 Å². The Labute approximate surface area is 104 Å². The molecule has 17 heavy (non-hydrogen) atoms. The lowest BCUT2D eigenvalue weighted by atomic mass is 9.68. The SMILES string of the molecule is CC(C)C(C)(c1ccccc1)c1ccccc1. The molecule has 0 saturated heterocycles. The fourth-order valence-electron chi connectivity index (χ4n) is 2.40. The zero-order valence-corrected chi connectivity index (χ0v) is 10.9. The Morgan fingerprint density at radius 3 is 1.35 bits per heavy atom. The second-order valence-corrected chi connectivity index (χ2v) is 5.09. The van der Waals surface area contributed by atoms with Crippen LogP contribution in [0.25, 0.3) is 0 Å². The highest BCUT2D eigenvalue weighted by atomic mass is 14.3. The standard InChI is InChI=1S/C17H20/c1-14(2)17(3,15-10-6-4-7-11-15)16-12-8-5-9-13-16/h4-14H,1-3H3. The third-order valence-corrected chi connectivity index (χ3v) is 3.90. The molecule has 0 saturated carbocycles. The Morgan fingerprint density at radius 2 is 1.06 bits per heavy atom. The molecule has 0 bridgehead atoms. The van der Waals surface area contributed by atoms with Crippen molar-refractivity contribution in [3.63, 3.8) is 0 Å². The average molecular weight is 224 g/mol. The summed E-state index contributed by atoms with van der Waals surface area (Å²) < 4.78 is 0. The van der Waals surface area contributed by atoms with Gasteiger partial charge in [0.05, 0.1) is 0 Å². The van der Waals surface area contributed by atoms with E-state index in [0.717, 1.165) is 0 Å².